The summed E-state index contributed by atoms with van der Waals surface area (Å²) in [6, 6.07) is 8.15. The zero-order chi connectivity index (χ0) is 12.9. The summed E-state index contributed by atoms with van der Waals surface area (Å²) in [7, 11) is 1.67. The number of halogens is 1. The smallest absolute Gasteiger partial charge is 0.122 e. The van der Waals surface area contributed by atoms with Crippen LogP contribution in [-0.4, -0.2) is 19.2 Å². The van der Waals surface area contributed by atoms with Crippen LogP contribution < -0.4 is 10.1 Å². The molecule has 0 radical (unpaired) electrons. The van der Waals surface area contributed by atoms with Gasteiger partial charge in [0.05, 0.1) is 13.2 Å². The third kappa shape index (κ3) is 4.37. The topological polar surface area (TPSA) is 45.0 Å². The van der Waals surface area contributed by atoms with E-state index in [0.717, 1.165) is 28.8 Å². The Kier molecular flexibility index (Phi) is 4.98. The van der Waals surface area contributed by atoms with E-state index in [0.29, 0.717) is 0 Å². The highest BCUT2D eigenvalue weighted by Gasteiger charge is 2.14. The molecule has 0 amide bonds. The molecule has 4 heteroatoms. The fraction of sp³-hybridized carbons (Fsp3) is 0.462. The molecule has 3 nitrogen and oxygen atoms in total. The molecule has 0 atom stereocenters. The van der Waals surface area contributed by atoms with E-state index in [4.69, 9.17) is 10.00 Å². The zero-order valence-electron chi connectivity index (χ0n) is 10.4. The molecule has 0 aliphatic heterocycles. The largest absolute Gasteiger partial charge is 0.496 e. The number of nitrogens with one attached hydrogen (secondary N) is 1. The van der Waals surface area contributed by atoms with Gasteiger partial charge < -0.3 is 4.74 Å². The minimum atomic E-state index is -0.487. The van der Waals surface area contributed by atoms with Gasteiger partial charge in [-0.1, -0.05) is 15.9 Å². The summed E-state index contributed by atoms with van der Waals surface area (Å²) in [5.74, 6) is 0.879. The summed E-state index contributed by atoms with van der Waals surface area (Å²) in [5, 5.41) is 12.1. The van der Waals surface area contributed by atoms with Crippen molar-refractivity contribution in [3.63, 3.8) is 0 Å². The maximum Gasteiger partial charge on any atom is 0.122 e. The molecule has 1 rings (SSSR count). The van der Waals surface area contributed by atoms with Crippen LogP contribution in [0.3, 0.4) is 0 Å². The van der Waals surface area contributed by atoms with Gasteiger partial charge in [0.2, 0.25) is 0 Å². The second-order valence-corrected chi connectivity index (χ2v) is 5.29. The summed E-state index contributed by atoms with van der Waals surface area (Å²) >= 11 is 3.44. The van der Waals surface area contributed by atoms with Crippen LogP contribution in [0.25, 0.3) is 0 Å². The van der Waals surface area contributed by atoms with Crippen LogP contribution in [0, 0.1) is 11.3 Å². The van der Waals surface area contributed by atoms with E-state index in [9.17, 15) is 0 Å². The predicted molar refractivity (Wildman–Crippen MR) is 72.1 cm³/mol. The van der Waals surface area contributed by atoms with E-state index in [1.54, 1.807) is 7.11 Å². The summed E-state index contributed by atoms with van der Waals surface area (Å²) in [6.45, 7) is 4.48. The summed E-state index contributed by atoms with van der Waals surface area (Å²) in [5.41, 5.74) is 0.641. The van der Waals surface area contributed by atoms with Gasteiger partial charge in [-0.15, -0.1) is 0 Å². The van der Waals surface area contributed by atoms with Crippen LogP contribution >= 0.6 is 15.9 Å². The predicted octanol–water partition coefficient (Wildman–Crippen LogP) is 2.89. The number of nitriles is 1. The van der Waals surface area contributed by atoms with Crippen molar-refractivity contribution in [2.45, 2.75) is 25.8 Å². The quantitative estimate of drug-likeness (QED) is 0.909. The molecular weight excluding hydrogens is 280 g/mol. The molecule has 0 unspecified atom stereocenters. The van der Waals surface area contributed by atoms with Crippen LogP contribution in [-0.2, 0) is 6.42 Å². The van der Waals surface area contributed by atoms with E-state index in [-0.39, 0.29) is 0 Å². The molecule has 0 fully saturated rings. The van der Waals surface area contributed by atoms with Crippen LogP contribution in [0.2, 0.25) is 0 Å². The van der Waals surface area contributed by atoms with Crippen molar-refractivity contribution in [1.29, 1.82) is 5.26 Å². The van der Waals surface area contributed by atoms with Crippen LogP contribution in [0.5, 0.6) is 5.75 Å². The number of hydrogen-bond donors (Lipinski definition) is 1. The highest BCUT2D eigenvalue weighted by molar-refractivity contribution is 9.10. The lowest BCUT2D eigenvalue weighted by molar-refractivity contribution is 0.407. The molecule has 1 N–H and O–H groups in total. The molecular formula is C13H17BrN2O. The first-order chi connectivity index (χ1) is 7.98. The number of hydrogen-bond acceptors (Lipinski definition) is 3. The average Bonchev–Trinajstić information content (AvgIpc) is 2.29. The van der Waals surface area contributed by atoms with E-state index < -0.39 is 5.54 Å². The fourth-order valence-corrected chi connectivity index (χ4v) is 1.90. The van der Waals surface area contributed by atoms with Gasteiger partial charge in [-0.25, -0.2) is 0 Å². The Hall–Kier alpha value is -1.05. The third-order valence-electron chi connectivity index (χ3n) is 2.48. The Morgan fingerprint density at radius 3 is 2.76 bits per heavy atom. The van der Waals surface area contributed by atoms with E-state index in [1.807, 2.05) is 32.0 Å². The summed E-state index contributed by atoms with van der Waals surface area (Å²) < 4.78 is 6.33. The lowest BCUT2D eigenvalue weighted by Crippen LogP contribution is -2.38. The molecule has 17 heavy (non-hydrogen) atoms. The standard InChI is InChI=1S/C13H17BrN2O/c1-13(2,9-15)16-7-6-10-8-11(14)4-5-12(10)17-3/h4-5,8,16H,6-7H2,1-3H3. The molecule has 0 spiro atoms. The van der Waals surface area contributed by atoms with E-state index in [1.165, 1.54) is 0 Å². The van der Waals surface area contributed by atoms with E-state index in [2.05, 4.69) is 27.3 Å². The first kappa shape index (κ1) is 14.0. The van der Waals surface area contributed by atoms with Crippen LogP contribution in [0.1, 0.15) is 19.4 Å². The fourth-order valence-electron chi connectivity index (χ4n) is 1.49. The highest BCUT2D eigenvalue weighted by atomic mass is 79.9. The minimum absolute atomic E-state index is 0.487. The van der Waals surface area contributed by atoms with Gasteiger partial charge in [0.1, 0.15) is 11.3 Å². The second-order valence-electron chi connectivity index (χ2n) is 4.37. The van der Waals surface area contributed by atoms with Gasteiger partial charge in [-0.2, -0.15) is 5.26 Å². The number of nitrogens with zero attached hydrogens (tertiary/aromatic N) is 1. The molecule has 0 bridgehead atoms. The number of benzene rings is 1. The summed E-state index contributed by atoms with van der Waals surface area (Å²) in [6.07, 6.45) is 0.827. The number of ether oxygens (including phenoxy) is 1. The van der Waals surface area contributed by atoms with Crippen molar-refractivity contribution in [1.82, 2.24) is 5.32 Å². The van der Waals surface area contributed by atoms with Crippen molar-refractivity contribution in [3.8, 4) is 11.8 Å². The van der Waals surface area contributed by atoms with Crippen molar-refractivity contribution in [2.24, 2.45) is 0 Å². The monoisotopic (exact) mass is 296 g/mol. The second kappa shape index (κ2) is 6.04. The Labute approximate surface area is 111 Å². The van der Waals surface area contributed by atoms with Crippen molar-refractivity contribution in [2.75, 3.05) is 13.7 Å². The molecule has 0 aromatic heterocycles. The van der Waals surface area contributed by atoms with Crippen LogP contribution in [0.4, 0.5) is 0 Å². The van der Waals surface area contributed by atoms with E-state index >= 15 is 0 Å². The van der Waals surface area contributed by atoms with Crippen molar-refractivity contribution >= 4 is 15.9 Å². The molecule has 1 aromatic carbocycles. The zero-order valence-corrected chi connectivity index (χ0v) is 12.0. The number of methoxy groups -OCH3 is 1. The Bertz CT molecular complexity index is 424. The minimum Gasteiger partial charge on any atom is -0.496 e. The first-order valence-corrected chi connectivity index (χ1v) is 6.26. The Balaban J connectivity index is 2.63. The van der Waals surface area contributed by atoms with Crippen molar-refractivity contribution < 1.29 is 4.74 Å². The number of rotatable bonds is 5. The Morgan fingerprint density at radius 1 is 1.47 bits per heavy atom. The van der Waals surface area contributed by atoms with Crippen molar-refractivity contribution in [3.05, 3.63) is 28.2 Å². The SMILES string of the molecule is COc1ccc(Br)cc1CCNC(C)(C)C#N. The molecule has 0 saturated heterocycles. The maximum atomic E-state index is 8.89. The van der Waals surface area contributed by atoms with Gasteiger partial charge in [0, 0.05) is 11.0 Å². The van der Waals surface area contributed by atoms with Gasteiger partial charge in [-0.05, 0) is 44.0 Å². The lowest BCUT2D eigenvalue weighted by Gasteiger charge is -2.18. The van der Waals surface area contributed by atoms with Gasteiger partial charge in [0.25, 0.3) is 0 Å². The molecule has 0 heterocycles. The molecule has 0 aliphatic carbocycles. The average molecular weight is 297 g/mol. The van der Waals surface area contributed by atoms with Gasteiger partial charge in [0.15, 0.2) is 0 Å². The van der Waals surface area contributed by atoms with Gasteiger partial charge >= 0.3 is 0 Å². The lowest BCUT2D eigenvalue weighted by atomic mass is 10.1. The highest BCUT2D eigenvalue weighted by Crippen LogP contribution is 2.23. The van der Waals surface area contributed by atoms with Gasteiger partial charge in [-0.3, -0.25) is 5.32 Å². The molecule has 0 saturated carbocycles. The third-order valence-corrected chi connectivity index (χ3v) is 2.98. The Morgan fingerprint density at radius 2 is 2.18 bits per heavy atom. The molecule has 92 valence electrons. The summed E-state index contributed by atoms with van der Waals surface area (Å²) in [4.78, 5) is 0. The molecule has 0 aliphatic rings. The molecule has 1 aromatic rings. The van der Waals surface area contributed by atoms with Crippen LogP contribution in [0.15, 0.2) is 22.7 Å². The maximum absolute atomic E-state index is 8.89. The first-order valence-electron chi connectivity index (χ1n) is 5.47. The normalized spacial score (nSPS) is 11.0.